The Hall–Kier alpha value is -2.00. The van der Waals surface area contributed by atoms with Gasteiger partial charge in [0.05, 0.1) is 6.10 Å². The lowest BCUT2D eigenvalue weighted by Gasteiger charge is -2.43. The van der Waals surface area contributed by atoms with Crippen molar-refractivity contribution in [3.63, 3.8) is 0 Å². The third-order valence-corrected chi connectivity index (χ3v) is 12.9. The van der Waals surface area contributed by atoms with Gasteiger partial charge in [-0.1, -0.05) is 73.6 Å². The molecule has 0 aromatic heterocycles. The SMILES string of the molecule is C=CC/C(=C\CC(OC(=O)C[C@H](C)C(C)(C)C(=O)C(C)[C@@H](O[Si](C)(C)C(C)(C)C)[C@@H](C)C=C)C(C)=O)C(F)(F)F. The van der Waals surface area contributed by atoms with Gasteiger partial charge in [0.1, 0.15) is 5.78 Å². The van der Waals surface area contributed by atoms with E-state index < -0.39 is 74.1 Å². The Bertz CT molecular complexity index is 944. The standard InChI is InChI=1S/C31H51F3O5Si/c1-14-16-24(31(32,33)34)17-18-25(23(6)35)38-26(36)19-21(4)30(10,11)28(37)22(5)27(20(3)15-2)39-40(12,13)29(7,8)9/h14-15,17,20-22,25,27H,1-2,16,18-19H2,3-13H3/b24-17+/t20-,21-,22?,25?,27-/m0/s1. The van der Waals surface area contributed by atoms with Gasteiger partial charge in [0.2, 0.25) is 0 Å². The Morgan fingerprint density at radius 1 is 0.975 bits per heavy atom. The van der Waals surface area contributed by atoms with Crippen molar-refractivity contribution in [3.05, 3.63) is 37.0 Å². The number of esters is 1. The Kier molecular flexibility index (Phi) is 14.0. The van der Waals surface area contributed by atoms with E-state index in [1.54, 1.807) is 26.8 Å². The van der Waals surface area contributed by atoms with Crippen molar-refractivity contribution < 1.29 is 36.7 Å². The maximum Gasteiger partial charge on any atom is 0.412 e. The largest absolute Gasteiger partial charge is 0.454 e. The molecule has 0 aromatic carbocycles. The van der Waals surface area contributed by atoms with Crippen LogP contribution < -0.4 is 0 Å². The molecule has 0 aromatic rings. The van der Waals surface area contributed by atoms with Gasteiger partial charge in [-0.05, 0) is 43.3 Å². The molecule has 0 fully saturated rings. The number of allylic oxidation sites excluding steroid dienone is 2. The zero-order valence-electron chi connectivity index (χ0n) is 26.3. The van der Waals surface area contributed by atoms with Crippen LogP contribution in [0, 0.1) is 23.2 Å². The normalized spacial score (nSPS) is 17.3. The third-order valence-electron chi connectivity index (χ3n) is 8.41. The van der Waals surface area contributed by atoms with Crippen molar-refractivity contribution in [2.45, 2.75) is 118 Å². The molecule has 0 amide bonds. The monoisotopic (exact) mass is 588 g/mol. The van der Waals surface area contributed by atoms with Gasteiger partial charge >= 0.3 is 12.1 Å². The number of rotatable bonds is 16. The van der Waals surface area contributed by atoms with Gasteiger partial charge in [-0.2, -0.15) is 13.2 Å². The van der Waals surface area contributed by atoms with Gasteiger partial charge in [0.15, 0.2) is 20.2 Å². The first-order chi connectivity index (χ1) is 17.9. The second-order valence-corrected chi connectivity index (χ2v) is 17.7. The van der Waals surface area contributed by atoms with E-state index in [2.05, 4.69) is 47.0 Å². The van der Waals surface area contributed by atoms with Crippen molar-refractivity contribution in [2.24, 2.45) is 23.2 Å². The summed E-state index contributed by atoms with van der Waals surface area (Å²) in [6, 6.07) is 0. The van der Waals surface area contributed by atoms with Crippen LogP contribution in [0.1, 0.15) is 81.6 Å². The summed E-state index contributed by atoms with van der Waals surface area (Å²) in [5, 5.41) is -0.0591. The van der Waals surface area contributed by atoms with Crippen LogP contribution in [0.2, 0.25) is 18.1 Å². The van der Waals surface area contributed by atoms with Crippen LogP contribution >= 0.6 is 0 Å². The van der Waals surface area contributed by atoms with Gasteiger partial charge in [0, 0.05) is 29.7 Å². The van der Waals surface area contributed by atoms with Crippen LogP contribution in [0.3, 0.4) is 0 Å². The lowest BCUT2D eigenvalue weighted by molar-refractivity contribution is -0.156. The highest BCUT2D eigenvalue weighted by Gasteiger charge is 2.45. The summed E-state index contributed by atoms with van der Waals surface area (Å²) in [5.41, 5.74) is -1.81. The molecular weight excluding hydrogens is 537 g/mol. The molecule has 0 aliphatic carbocycles. The first-order valence-corrected chi connectivity index (χ1v) is 16.8. The fourth-order valence-corrected chi connectivity index (χ4v) is 5.48. The first kappa shape index (κ1) is 38.0. The van der Waals surface area contributed by atoms with Crippen molar-refractivity contribution in [2.75, 3.05) is 0 Å². The number of hydrogen-bond donors (Lipinski definition) is 0. The summed E-state index contributed by atoms with van der Waals surface area (Å²) < 4.78 is 51.6. The van der Waals surface area contributed by atoms with Crippen LogP contribution in [0.4, 0.5) is 13.2 Å². The molecule has 9 heteroatoms. The molecule has 0 radical (unpaired) electrons. The average molecular weight is 589 g/mol. The van der Waals surface area contributed by atoms with E-state index in [9.17, 15) is 27.6 Å². The quantitative estimate of drug-likeness (QED) is 0.103. The molecule has 2 unspecified atom stereocenters. The number of halogens is 3. The van der Waals surface area contributed by atoms with Crippen molar-refractivity contribution in [1.82, 2.24) is 0 Å². The number of carbonyl (C=O) groups excluding carboxylic acids is 3. The summed E-state index contributed by atoms with van der Waals surface area (Å²) in [5.74, 6) is -2.44. The number of Topliss-reactive ketones (excluding diaryl/α,β-unsaturated/α-hetero) is 2. The molecule has 5 nitrogen and oxygen atoms in total. The molecule has 5 atom stereocenters. The van der Waals surface area contributed by atoms with E-state index in [1.807, 2.05) is 13.8 Å². The summed E-state index contributed by atoms with van der Waals surface area (Å²) in [7, 11) is -2.22. The fourth-order valence-electron chi connectivity index (χ4n) is 4.02. The molecular formula is C31H51F3O5Si. The smallest absolute Gasteiger partial charge is 0.412 e. The van der Waals surface area contributed by atoms with E-state index in [0.717, 1.165) is 19.1 Å². The summed E-state index contributed by atoms with van der Waals surface area (Å²) >= 11 is 0. The number of carbonyl (C=O) groups is 3. The number of hydrogen-bond acceptors (Lipinski definition) is 5. The third kappa shape index (κ3) is 10.8. The van der Waals surface area contributed by atoms with E-state index in [-0.39, 0.29) is 23.2 Å². The predicted octanol–water partition coefficient (Wildman–Crippen LogP) is 8.41. The average Bonchev–Trinajstić information content (AvgIpc) is 2.80. The molecule has 0 aliphatic heterocycles. The van der Waals surface area contributed by atoms with Gasteiger partial charge in [-0.15, -0.1) is 13.2 Å². The molecule has 40 heavy (non-hydrogen) atoms. The molecule has 0 aliphatic rings. The summed E-state index contributed by atoms with van der Waals surface area (Å²) in [6.07, 6.45) is -3.55. The van der Waals surface area contributed by atoms with Gasteiger partial charge < -0.3 is 9.16 Å². The summed E-state index contributed by atoms with van der Waals surface area (Å²) in [4.78, 5) is 38.7. The zero-order valence-corrected chi connectivity index (χ0v) is 27.3. The van der Waals surface area contributed by atoms with E-state index in [4.69, 9.17) is 9.16 Å². The number of alkyl halides is 3. The van der Waals surface area contributed by atoms with E-state index in [1.165, 1.54) is 0 Å². The molecule has 230 valence electrons. The minimum Gasteiger partial charge on any atom is -0.454 e. The molecule has 0 saturated heterocycles. The molecule has 0 heterocycles. The van der Waals surface area contributed by atoms with Crippen molar-refractivity contribution >= 4 is 25.9 Å². The van der Waals surface area contributed by atoms with Crippen molar-refractivity contribution in [1.29, 1.82) is 0 Å². The predicted molar refractivity (Wildman–Crippen MR) is 157 cm³/mol. The van der Waals surface area contributed by atoms with Gasteiger partial charge in [-0.25, -0.2) is 0 Å². The Morgan fingerprint density at radius 2 is 1.50 bits per heavy atom. The lowest BCUT2D eigenvalue weighted by Crippen LogP contribution is -2.50. The van der Waals surface area contributed by atoms with Crippen LogP contribution in [0.15, 0.2) is 37.0 Å². The highest BCUT2D eigenvalue weighted by molar-refractivity contribution is 6.74. The fraction of sp³-hybridized carbons (Fsp3) is 0.710. The Morgan fingerprint density at radius 3 is 1.90 bits per heavy atom. The Balaban J connectivity index is 5.75. The highest BCUT2D eigenvalue weighted by Crippen LogP contribution is 2.41. The first-order valence-electron chi connectivity index (χ1n) is 13.9. The highest BCUT2D eigenvalue weighted by atomic mass is 28.4. The topological polar surface area (TPSA) is 69.7 Å². The molecule has 0 spiro atoms. The van der Waals surface area contributed by atoms with Crippen LogP contribution in [-0.2, 0) is 23.5 Å². The maximum atomic E-state index is 13.8. The van der Waals surface area contributed by atoms with Crippen molar-refractivity contribution in [3.8, 4) is 0 Å². The van der Waals surface area contributed by atoms with E-state index >= 15 is 0 Å². The van der Waals surface area contributed by atoms with Crippen LogP contribution in [-0.4, -0.2) is 44.2 Å². The van der Waals surface area contributed by atoms with E-state index in [0.29, 0.717) is 0 Å². The van der Waals surface area contributed by atoms with Gasteiger partial charge in [-0.3, -0.25) is 14.4 Å². The Labute approximate surface area is 240 Å². The zero-order chi connectivity index (χ0) is 31.9. The van der Waals surface area contributed by atoms with Gasteiger partial charge in [0.25, 0.3) is 0 Å². The van der Waals surface area contributed by atoms with Crippen LogP contribution in [0.5, 0.6) is 0 Å². The lowest BCUT2D eigenvalue weighted by atomic mass is 9.69. The number of ketones is 2. The molecule has 0 saturated carbocycles. The maximum absolute atomic E-state index is 13.8. The minimum absolute atomic E-state index is 0.0591. The molecule has 0 N–H and O–H groups in total. The number of ether oxygens (including phenoxy) is 1. The molecule has 0 bridgehead atoms. The molecule has 0 rings (SSSR count). The van der Waals surface area contributed by atoms with Crippen LogP contribution in [0.25, 0.3) is 0 Å². The second-order valence-electron chi connectivity index (χ2n) is 13.0. The second kappa shape index (κ2) is 14.8. The minimum atomic E-state index is -4.58. The summed E-state index contributed by atoms with van der Waals surface area (Å²) in [6.45, 7) is 28.1.